The first kappa shape index (κ1) is 17.7. The van der Waals surface area contributed by atoms with Crippen LogP contribution in [0.5, 0.6) is 5.75 Å². The molecule has 5 rings (SSSR count). The molecule has 0 unspecified atom stereocenters. The van der Waals surface area contributed by atoms with Crippen molar-refractivity contribution in [2.75, 3.05) is 6.61 Å². The zero-order chi connectivity index (χ0) is 19.8. The van der Waals surface area contributed by atoms with Gasteiger partial charge in [0.15, 0.2) is 0 Å². The Morgan fingerprint density at radius 1 is 1.00 bits per heavy atom. The molecule has 3 nitrogen and oxygen atoms in total. The number of hydrogen-bond donors (Lipinski definition) is 1. The van der Waals surface area contributed by atoms with Gasteiger partial charge >= 0.3 is 0 Å². The van der Waals surface area contributed by atoms with Crippen LogP contribution in [0.2, 0.25) is 0 Å². The van der Waals surface area contributed by atoms with E-state index < -0.39 is 0 Å². The van der Waals surface area contributed by atoms with Crippen LogP contribution in [0.4, 0.5) is 0 Å². The number of aromatic nitrogens is 1. The lowest BCUT2D eigenvalue weighted by Crippen LogP contribution is -2.07. The number of fused-ring (bicyclic) bond motifs is 2. The van der Waals surface area contributed by atoms with Gasteiger partial charge in [-0.05, 0) is 70.0 Å². The topological polar surface area (TPSA) is 42.1 Å². The van der Waals surface area contributed by atoms with Gasteiger partial charge in [-0.3, -0.25) is 4.79 Å². The summed E-state index contributed by atoms with van der Waals surface area (Å²) in [6.45, 7) is 2.86. The number of nitrogens with one attached hydrogen (secondary N) is 1. The molecule has 0 radical (unpaired) electrons. The normalized spacial score (nSPS) is 12.7. The van der Waals surface area contributed by atoms with Gasteiger partial charge in [0.2, 0.25) is 0 Å². The van der Waals surface area contributed by atoms with Gasteiger partial charge in [0, 0.05) is 32.4 Å². The Labute approximate surface area is 171 Å². The Morgan fingerprint density at radius 2 is 1.83 bits per heavy atom. The number of aryl methyl sites for hydroxylation is 1. The Kier molecular flexibility index (Phi) is 4.44. The highest BCUT2D eigenvalue weighted by molar-refractivity contribution is 5.87. The molecule has 1 aliphatic heterocycles. The van der Waals surface area contributed by atoms with E-state index in [1.54, 1.807) is 0 Å². The highest BCUT2D eigenvalue weighted by Crippen LogP contribution is 2.29. The predicted molar refractivity (Wildman–Crippen MR) is 119 cm³/mol. The monoisotopic (exact) mass is 383 g/mol. The van der Waals surface area contributed by atoms with Crippen molar-refractivity contribution < 1.29 is 11.0 Å². The van der Waals surface area contributed by atoms with E-state index in [1.165, 1.54) is 27.6 Å². The first-order chi connectivity index (χ1) is 14.2. The molecule has 0 aliphatic carbocycles. The summed E-state index contributed by atoms with van der Waals surface area (Å²) in [5.41, 5.74) is 8.08. The minimum absolute atomic E-state index is 0. The lowest BCUT2D eigenvalue weighted by molar-refractivity contribution is -0.117. The molecule has 1 aliphatic rings. The largest absolute Gasteiger partial charge is 0.493 e. The molecule has 29 heavy (non-hydrogen) atoms. The van der Waals surface area contributed by atoms with E-state index in [4.69, 9.17) is 4.74 Å². The maximum Gasteiger partial charge on any atom is 0.141 e. The predicted octanol–water partition coefficient (Wildman–Crippen LogP) is 5.68. The highest BCUT2D eigenvalue weighted by atomic mass is 16.5. The molecule has 0 fully saturated rings. The van der Waals surface area contributed by atoms with Crippen molar-refractivity contribution in [3.05, 3.63) is 89.1 Å². The van der Waals surface area contributed by atoms with Crippen LogP contribution in [0.1, 0.15) is 23.7 Å². The third-order valence-electron chi connectivity index (χ3n) is 5.72. The van der Waals surface area contributed by atoms with E-state index in [9.17, 15) is 4.79 Å². The summed E-state index contributed by atoms with van der Waals surface area (Å²) in [7, 11) is 0. The number of Topliss-reactive ketones (excluding diaryl/α,β-unsaturated/α-hetero) is 1. The minimum Gasteiger partial charge on any atom is -0.493 e. The van der Waals surface area contributed by atoms with Gasteiger partial charge in [-0.2, -0.15) is 0 Å². The van der Waals surface area contributed by atoms with E-state index >= 15 is 0 Å². The Balaban J connectivity index is 0.00000218. The summed E-state index contributed by atoms with van der Waals surface area (Å²) < 4.78 is 5.56. The van der Waals surface area contributed by atoms with Gasteiger partial charge in [0.05, 0.1) is 6.61 Å². The SMILES string of the molecule is Cc1ccc(CC(=O)Cc2ccc3c(c2)CCO3)cc1-c1ccc2[nH]ccc2c1.[HH]. The highest BCUT2D eigenvalue weighted by Gasteiger charge is 2.14. The van der Waals surface area contributed by atoms with Gasteiger partial charge in [0.1, 0.15) is 11.5 Å². The Morgan fingerprint density at radius 3 is 2.72 bits per heavy atom. The Bertz CT molecular complexity index is 1220. The molecular weight excluding hydrogens is 358 g/mol. The minimum atomic E-state index is 0. The molecule has 4 aromatic rings. The van der Waals surface area contributed by atoms with Crippen molar-refractivity contribution in [3.8, 4) is 16.9 Å². The number of carbonyl (C=O) groups is 1. The van der Waals surface area contributed by atoms with Gasteiger partial charge in [-0.15, -0.1) is 0 Å². The summed E-state index contributed by atoms with van der Waals surface area (Å²) >= 11 is 0. The summed E-state index contributed by atoms with van der Waals surface area (Å²) in [6.07, 6.45) is 3.81. The number of rotatable bonds is 5. The molecule has 1 aromatic heterocycles. The molecule has 0 amide bonds. The second kappa shape index (κ2) is 7.25. The number of ketones is 1. The van der Waals surface area contributed by atoms with Crippen molar-refractivity contribution in [2.45, 2.75) is 26.2 Å². The van der Waals surface area contributed by atoms with Crippen molar-refractivity contribution in [1.82, 2.24) is 4.98 Å². The third-order valence-corrected chi connectivity index (χ3v) is 5.72. The van der Waals surface area contributed by atoms with Gasteiger partial charge in [-0.1, -0.05) is 36.4 Å². The maximum absolute atomic E-state index is 12.7. The van der Waals surface area contributed by atoms with Gasteiger partial charge < -0.3 is 9.72 Å². The third kappa shape index (κ3) is 3.56. The number of aromatic amines is 1. The fourth-order valence-corrected chi connectivity index (χ4v) is 4.18. The second-order valence-electron chi connectivity index (χ2n) is 7.86. The molecule has 0 bridgehead atoms. The number of ether oxygens (including phenoxy) is 1. The van der Waals surface area contributed by atoms with E-state index in [-0.39, 0.29) is 7.21 Å². The van der Waals surface area contributed by atoms with Crippen LogP contribution < -0.4 is 4.74 Å². The fraction of sp³-hybridized carbons (Fsp3) is 0.192. The van der Waals surface area contributed by atoms with E-state index in [1.807, 2.05) is 18.3 Å². The molecule has 0 atom stereocenters. The van der Waals surface area contributed by atoms with Crippen molar-refractivity contribution in [1.29, 1.82) is 0 Å². The van der Waals surface area contributed by atoms with Crippen LogP contribution in [0.25, 0.3) is 22.0 Å². The molecule has 2 heterocycles. The van der Waals surface area contributed by atoms with Crippen LogP contribution in [0.3, 0.4) is 0 Å². The Hall–Kier alpha value is -3.33. The molecule has 1 N–H and O–H groups in total. The van der Waals surface area contributed by atoms with E-state index in [0.717, 1.165) is 35.4 Å². The molecule has 3 heteroatoms. The quantitative estimate of drug-likeness (QED) is 0.482. The lowest BCUT2D eigenvalue weighted by Gasteiger charge is -2.10. The first-order valence-electron chi connectivity index (χ1n) is 10.1. The summed E-state index contributed by atoms with van der Waals surface area (Å²) in [5, 5.41) is 1.20. The lowest BCUT2D eigenvalue weighted by atomic mass is 9.94. The van der Waals surface area contributed by atoms with E-state index in [0.29, 0.717) is 12.8 Å². The average molecular weight is 383 g/mol. The standard InChI is InChI=1S/C26H23NO2.H2/c1-17-2-3-19(15-24(17)20-5-6-25-21(16-20)8-10-27-25)14-23(28)13-18-4-7-26-22(12-18)9-11-29-26;/h2-8,10,12,15-16,27H,9,11,13-14H2,1H3;1H. The molecule has 3 aromatic carbocycles. The second-order valence-corrected chi connectivity index (χ2v) is 7.86. The summed E-state index contributed by atoms with van der Waals surface area (Å²) in [6, 6.07) is 21.0. The number of benzene rings is 3. The fourth-order valence-electron chi connectivity index (χ4n) is 4.18. The first-order valence-corrected chi connectivity index (χ1v) is 10.1. The van der Waals surface area contributed by atoms with Crippen molar-refractivity contribution >= 4 is 16.7 Å². The number of H-pyrrole nitrogens is 1. The molecule has 146 valence electrons. The van der Waals surface area contributed by atoms with Crippen LogP contribution in [-0.4, -0.2) is 17.4 Å². The number of hydrogen-bond acceptors (Lipinski definition) is 2. The molecule has 0 saturated carbocycles. The van der Waals surface area contributed by atoms with E-state index in [2.05, 4.69) is 60.4 Å². The molecule has 0 spiro atoms. The van der Waals surface area contributed by atoms with Gasteiger partial charge in [0.25, 0.3) is 0 Å². The van der Waals surface area contributed by atoms with Crippen LogP contribution >= 0.6 is 0 Å². The number of carbonyl (C=O) groups excluding carboxylic acids is 1. The molecule has 0 saturated heterocycles. The smallest absolute Gasteiger partial charge is 0.141 e. The summed E-state index contributed by atoms with van der Waals surface area (Å²) in [4.78, 5) is 16.0. The van der Waals surface area contributed by atoms with Crippen LogP contribution in [0, 0.1) is 6.92 Å². The molecular formula is C26H25NO2. The van der Waals surface area contributed by atoms with Crippen molar-refractivity contribution in [2.24, 2.45) is 0 Å². The van der Waals surface area contributed by atoms with Crippen LogP contribution in [0.15, 0.2) is 66.9 Å². The zero-order valence-corrected chi connectivity index (χ0v) is 16.5. The van der Waals surface area contributed by atoms with Crippen LogP contribution in [-0.2, 0) is 24.1 Å². The summed E-state index contributed by atoms with van der Waals surface area (Å²) in [5.74, 6) is 1.20. The van der Waals surface area contributed by atoms with Crippen molar-refractivity contribution in [3.63, 3.8) is 0 Å². The zero-order valence-electron chi connectivity index (χ0n) is 16.5. The average Bonchev–Trinajstić information content (AvgIpc) is 3.37. The van der Waals surface area contributed by atoms with Gasteiger partial charge in [-0.25, -0.2) is 0 Å². The maximum atomic E-state index is 12.7.